The molecule has 4 rings (SSSR count). The number of rotatable bonds is 10. The van der Waals surface area contributed by atoms with E-state index < -0.39 is 0 Å². The van der Waals surface area contributed by atoms with E-state index in [9.17, 15) is 4.79 Å². The molecule has 2 heterocycles. The summed E-state index contributed by atoms with van der Waals surface area (Å²) in [6.07, 6.45) is 0. The quantitative estimate of drug-likeness (QED) is 0.270. The number of ether oxygens (including phenoxy) is 2. The SMILES string of the molecule is CCOc1cccc2cc(C(=O)N(CCN(CC)CC)c3nc4ccc(OC)cc4s3)oc12.Cl. The topological polar surface area (TPSA) is 68.0 Å². The standard InChI is InChI=1S/C25H29N3O4S.ClH/c1-5-27(6-2)13-14-28(25-26-19-12-11-18(30-4)16-22(19)33-25)24(29)21-15-17-9-8-10-20(31-7-3)23(17)32-21;/h8-12,15-16H,5-7,13-14H2,1-4H3;1H. The van der Waals surface area contributed by atoms with Crippen molar-refractivity contribution in [2.45, 2.75) is 20.8 Å². The molecule has 0 fully saturated rings. The van der Waals surface area contributed by atoms with Crippen molar-refractivity contribution in [3.05, 3.63) is 48.2 Å². The summed E-state index contributed by atoms with van der Waals surface area (Å²) in [7, 11) is 1.64. The number of hydrogen-bond acceptors (Lipinski definition) is 7. The third kappa shape index (κ3) is 5.29. The van der Waals surface area contributed by atoms with Crippen LogP contribution in [-0.2, 0) is 0 Å². The molecule has 2 aromatic carbocycles. The normalized spacial score (nSPS) is 11.1. The average molecular weight is 504 g/mol. The van der Waals surface area contributed by atoms with Crippen LogP contribution in [0.1, 0.15) is 31.3 Å². The van der Waals surface area contributed by atoms with E-state index in [1.54, 1.807) is 18.1 Å². The lowest BCUT2D eigenvalue weighted by Crippen LogP contribution is -2.38. The monoisotopic (exact) mass is 503 g/mol. The molecule has 182 valence electrons. The highest BCUT2D eigenvalue weighted by Gasteiger charge is 2.25. The van der Waals surface area contributed by atoms with Gasteiger partial charge in [0.1, 0.15) is 5.75 Å². The molecule has 0 unspecified atom stereocenters. The number of furan rings is 1. The number of carbonyl (C=O) groups excluding carboxylic acids is 1. The largest absolute Gasteiger partial charge is 0.497 e. The van der Waals surface area contributed by atoms with Gasteiger partial charge < -0.3 is 18.8 Å². The molecule has 0 radical (unpaired) electrons. The summed E-state index contributed by atoms with van der Waals surface area (Å²) in [5, 5.41) is 1.47. The van der Waals surface area contributed by atoms with E-state index in [2.05, 4.69) is 18.7 Å². The van der Waals surface area contributed by atoms with E-state index in [1.165, 1.54) is 11.3 Å². The Morgan fingerprint density at radius 3 is 2.59 bits per heavy atom. The van der Waals surface area contributed by atoms with Crippen LogP contribution in [0.4, 0.5) is 5.13 Å². The van der Waals surface area contributed by atoms with Crippen molar-refractivity contribution in [1.82, 2.24) is 9.88 Å². The number of likely N-dealkylation sites (N-methyl/N-ethyl adjacent to an activating group) is 1. The predicted octanol–water partition coefficient (Wildman–Crippen LogP) is 5.86. The van der Waals surface area contributed by atoms with Gasteiger partial charge in [-0.1, -0.05) is 37.3 Å². The molecular weight excluding hydrogens is 474 g/mol. The number of carbonyl (C=O) groups is 1. The van der Waals surface area contributed by atoms with E-state index in [0.717, 1.165) is 41.0 Å². The van der Waals surface area contributed by atoms with Gasteiger partial charge in [0.15, 0.2) is 22.2 Å². The zero-order chi connectivity index (χ0) is 23.4. The fraction of sp³-hybridized carbons (Fsp3) is 0.360. The first-order chi connectivity index (χ1) is 16.1. The Bertz CT molecular complexity index is 1250. The second-order valence-electron chi connectivity index (χ2n) is 7.53. The van der Waals surface area contributed by atoms with Gasteiger partial charge in [-0.05, 0) is 50.3 Å². The Kier molecular flexibility index (Phi) is 8.77. The first-order valence-corrected chi connectivity index (χ1v) is 12.0. The number of thiazole rings is 1. The third-order valence-electron chi connectivity index (χ3n) is 5.61. The highest BCUT2D eigenvalue weighted by atomic mass is 35.5. The maximum Gasteiger partial charge on any atom is 0.295 e. The first kappa shape index (κ1) is 25.8. The number of nitrogens with zero attached hydrogens (tertiary/aromatic N) is 3. The van der Waals surface area contributed by atoms with Gasteiger partial charge in [0.25, 0.3) is 5.91 Å². The van der Waals surface area contributed by atoms with Gasteiger partial charge in [-0.25, -0.2) is 4.98 Å². The van der Waals surface area contributed by atoms with Crippen LogP contribution in [0.2, 0.25) is 0 Å². The van der Waals surface area contributed by atoms with Gasteiger partial charge in [0, 0.05) is 18.5 Å². The predicted molar refractivity (Wildman–Crippen MR) is 140 cm³/mol. The number of amides is 1. The Hall–Kier alpha value is -2.81. The lowest BCUT2D eigenvalue weighted by Gasteiger charge is -2.24. The summed E-state index contributed by atoms with van der Waals surface area (Å²) in [5.41, 5.74) is 1.42. The van der Waals surface area contributed by atoms with Gasteiger partial charge >= 0.3 is 0 Å². The van der Waals surface area contributed by atoms with Crippen molar-refractivity contribution in [3.8, 4) is 11.5 Å². The van der Waals surface area contributed by atoms with Crippen LogP contribution in [-0.4, -0.2) is 55.7 Å². The molecular formula is C25H30ClN3O4S. The molecule has 0 aliphatic carbocycles. The van der Waals surface area contributed by atoms with E-state index in [4.69, 9.17) is 18.9 Å². The fourth-order valence-electron chi connectivity index (χ4n) is 3.74. The fourth-order valence-corrected chi connectivity index (χ4v) is 4.76. The van der Waals surface area contributed by atoms with E-state index >= 15 is 0 Å². The van der Waals surface area contributed by atoms with Gasteiger partial charge in [0.05, 0.1) is 23.9 Å². The lowest BCUT2D eigenvalue weighted by molar-refractivity contribution is 0.0959. The second-order valence-corrected chi connectivity index (χ2v) is 8.54. The number of fused-ring (bicyclic) bond motifs is 2. The molecule has 1 amide bonds. The molecule has 4 aromatic rings. The number of benzene rings is 2. The first-order valence-electron chi connectivity index (χ1n) is 11.2. The Labute approximate surface area is 209 Å². The van der Waals surface area contributed by atoms with Crippen molar-refractivity contribution in [2.24, 2.45) is 0 Å². The van der Waals surface area contributed by atoms with Crippen LogP contribution < -0.4 is 14.4 Å². The van der Waals surface area contributed by atoms with E-state index in [1.807, 2.05) is 43.3 Å². The van der Waals surface area contributed by atoms with Crippen molar-refractivity contribution in [3.63, 3.8) is 0 Å². The molecule has 0 saturated carbocycles. The number of anilines is 1. The smallest absolute Gasteiger partial charge is 0.295 e. The lowest BCUT2D eigenvalue weighted by atomic mass is 10.2. The van der Waals surface area contributed by atoms with Gasteiger partial charge in [-0.15, -0.1) is 12.4 Å². The molecule has 0 aliphatic heterocycles. The summed E-state index contributed by atoms with van der Waals surface area (Å²) in [6, 6.07) is 13.2. The minimum absolute atomic E-state index is 0. The number of halogens is 1. The van der Waals surface area contributed by atoms with Crippen molar-refractivity contribution in [2.75, 3.05) is 44.8 Å². The Morgan fingerprint density at radius 1 is 1.09 bits per heavy atom. The maximum absolute atomic E-state index is 13.7. The zero-order valence-corrected chi connectivity index (χ0v) is 21.5. The van der Waals surface area contributed by atoms with Crippen LogP contribution in [0, 0.1) is 0 Å². The molecule has 34 heavy (non-hydrogen) atoms. The summed E-state index contributed by atoms with van der Waals surface area (Å²) in [5.74, 6) is 1.45. The summed E-state index contributed by atoms with van der Waals surface area (Å²) in [6.45, 7) is 9.76. The maximum atomic E-state index is 13.7. The van der Waals surface area contributed by atoms with E-state index in [0.29, 0.717) is 29.6 Å². The number of hydrogen-bond donors (Lipinski definition) is 0. The molecule has 0 aliphatic rings. The van der Waals surface area contributed by atoms with Crippen LogP contribution in [0.5, 0.6) is 11.5 Å². The molecule has 0 spiro atoms. The molecule has 0 atom stereocenters. The Balaban J connectivity index is 0.00000324. The van der Waals surface area contributed by atoms with E-state index in [-0.39, 0.29) is 24.1 Å². The molecule has 2 aromatic heterocycles. The molecule has 9 heteroatoms. The number of para-hydroxylation sites is 1. The van der Waals surface area contributed by atoms with Crippen molar-refractivity contribution >= 4 is 56.0 Å². The third-order valence-corrected chi connectivity index (χ3v) is 6.65. The number of methoxy groups -OCH3 is 1. The highest BCUT2D eigenvalue weighted by Crippen LogP contribution is 2.34. The van der Waals surface area contributed by atoms with Crippen LogP contribution in [0.25, 0.3) is 21.2 Å². The van der Waals surface area contributed by atoms with Gasteiger partial charge in [-0.2, -0.15) is 0 Å². The zero-order valence-electron chi connectivity index (χ0n) is 19.9. The van der Waals surface area contributed by atoms with Crippen LogP contribution in [0.15, 0.2) is 46.9 Å². The van der Waals surface area contributed by atoms with Crippen LogP contribution >= 0.6 is 23.7 Å². The minimum atomic E-state index is -0.216. The molecule has 0 bridgehead atoms. The van der Waals surface area contributed by atoms with Crippen molar-refractivity contribution < 1.29 is 18.7 Å². The van der Waals surface area contributed by atoms with Gasteiger partial charge in [0.2, 0.25) is 0 Å². The molecule has 0 N–H and O–H groups in total. The number of aromatic nitrogens is 1. The molecule has 7 nitrogen and oxygen atoms in total. The highest BCUT2D eigenvalue weighted by molar-refractivity contribution is 7.22. The summed E-state index contributed by atoms with van der Waals surface area (Å²) >= 11 is 1.47. The molecule has 0 saturated heterocycles. The Morgan fingerprint density at radius 2 is 1.88 bits per heavy atom. The summed E-state index contributed by atoms with van der Waals surface area (Å²) in [4.78, 5) is 22.4. The van der Waals surface area contributed by atoms with Crippen molar-refractivity contribution in [1.29, 1.82) is 0 Å². The minimum Gasteiger partial charge on any atom is -0.497 e. The second kappa shape index (κ2) is 11.6. The van der Waals surface area contributed by atoms with Gasteiger partial charge in [-0.3, -0.25) is 9.69 Å². The summed E-state index contributed by atoms with van der Waals surface area (Å²) < 4.78 is 18.0. The average Bonchev–Trinajstić information content (AvgIpc) is 3.46. The van der Waals surface area contributed by atoms with Crippen LogP contribution in [0.3, 0.4) is 0 Å².